The Morgan fingerprint density at radius 1 is 1.26 bits per heavy atom. The summed E-state index contributed by atoms with van der Waals surface area (Å²) < 4.78 is 5.85. The molecule has 0 unspecified atom stereocenters. The first-order valence-electron chi connectivity index (χ1n) is 7.77. The number of phenols is 1. The second-order valence-corrected chi connectivity index (χ2v) is 6.86. The standard InChI is InChI=1S/C18H17NO3S/c20-15-6-5-13-17(21)16(10-12-4-3-9-23-12)22-18(13)14(15)11-19-7-1-2-8-19/h3-6,9-10,20H,1-2,7-8,11H2/b16-10-. The van der Waals surface area contributed by atoms with Gasteiger partial charge < -0.3 is 9.84 Å². The fourth-order valence-corrected chi connectivity index (χ4v) is 3.76. The van der Waals surface area contributed by atoms with Crippen molar-refractivity contribution in [1.82, 2.24) is 4.90 Å². The third kappa shape index (κ3) is 2.66. The number of nitrogens with zero attached hydrogens (tertiary/aromatic N) is 1. The second-order valence-electron chi connectivity index (χ2n) is 5.88. The molecule has 0 saturated carbocycles. The van der Waals surface area contributed by atoms with Crippen molar-refractivity contribution in [2.24, 2.45) is 0 Å². The van der Waals surface area contributed by atoms with E-state index in [2.05, 4.69) is 4.90 Å². The fraction of sp³-hybridized carbons (Fsp3) is 0.278. The molecule has 1 saturated heterocycles. The van der Waals surface area contributed by atoms with Crippen LogP contribution in [0.3, 0.4) is 0 Å². The minimum atomic E-state index is -0.115. The topological polar surface area (TPSA) is 49.8 Å². The van der Waals surface area contributed by atoms with Gasteiger partial charge in [-0.05, 0) is 49.5 Å². The minimum absolute atomic E-state index is 0.115. The number of thiophene rings is 1. The van der Waals surface area contributed by atoms with Gasteiger partial charge in [-0.2, -0.15) is 0 Å². The molecule has 2 aromatic rings. The summed E-state index contributed by atoms with van der Waals surface area (Å²) in [5.74, 6) is 0.928. The zero-order valence-corrected chi connectivity index (χ0v) is 13.4. The quantitative estimate of drug-likeness (QED) is 0.874. The molecule has 4 nitrogen and oxygen atoms in total. The van der Waals surface area contributed by atoms with Crippen molar-refractivity contribution in [1.29, 1.82) is 0 Å². The zero-order chi connectivity index (χ0) is 15.8. The van der Waals surface area contributed by atoms with Crippen LogP contribution in [-0.4, -0.2) is 28.9 Å². The molecule has 0 spiro atoms. The van der Waals surface area contributed by atoms with Gasteiger partial charge in [0.1, 0.15) is 11.5 Å². The molecule has 2 aliphatic heterocycles. The average molecular weight is 327 g/mol. The molecule has 0 radical (unpaired) electrons. The van der Waals surface area contributed by atoms with Gasteiger partial charge in [0, 0.05) is 17.5 Å². The molecule has 0 atom stereocenters. The van der Waals surface area contributed by atoms with Crippen molar-refractivity contribution in [2.45, 2.75) is 19.4 Å². The van der Waals surface area contributed by atoms with Crippen molar-refractivity contribution in [3.8, 4) is 11.5 Å². The second kappa shape index (κ2) is 5.83. The van der Waals surface area contributed by atoms with Gasteiger partial charge in [-0.25, -0.2) is 0 Å². The van der Waals surface area contributed by atoms with E-state index in [1.54, 1.807) is 29.5 Å². The molecule has 23 heavy (non-hydrogen) atoms. The van der Waals surface area contributed by atoms with Crippen LogP contribution in [0.4, 0.5) is 0 Å². The number of hydrogen-bond acceptors (Lipinski definition) is 5. The lowest BCUT2D eigenvalue weighted by molar-refractivity contribution is 0.101. The van der Waals surface area contributed by atoms with Crippen LogP contribution in [0.15, 0.2) is 35.4 Å². The van der Waals surface area contributed by atoms with E-state index in [0.29, 0.717) is 29.2 Å². The number of benzene rings is 1. The predicted octanol–water partition coefficient (Wildman–Crippen LogP) is 3.67. The van der Waals surface area contributed by atoms with Crippen molar-refractivity contribution in [3.63, 3.8) is 0 Å². The Kier molecular flexibility index (Phi) is 3.67. The number of allylic oxidation sites excluding steroid dienone is 1. The Hall–Kier alpha value is -2.11. The largest absolute Gasteiger partial charge is 0.507 e. The van der Waals surface area contributed by atoms with Gasteiger partial charge in [-0.3, -0.25) is 9.69 Å². The number of phenolic OH excluding ortho intramolecular Hbond substituents is 1. The van der Waals surface area contributed by atoms with Crippen LogP contribution in [0, 0.1) is 0 Å². The Balaban J connectivity index is 1.69. The van der Waals surface area contributed by atoms with Gasteiger partial charge in [0.25, 0.3) is 0 Å². The molecular weight excluding hydrogens is 310 g/mol. The summed E-state index contributed by atoms with van der Waals surface area (Å²) in [5, 5.41) is 12.2. The summed E-state index contributed by atoms with van der Waals surface area (Å²) in [7, 11) is 0. The molecule has 118 valence electrons. The monoisotopic (exact) mass is 327 g/mol. The number of aromatic hydroxyl groups is 1. The maximum Gasteiger partial charge on any atom is 0.232 e. The highest BCUT2D eigenvalue weighted by molar-refractivity contribution is 7.10. The summed E-state index contributed by atoms with van der Waals surface area (Å²) >= 11 is 1.56. The molecule has 3 heterocycles. The van der Waals surface area contributed by atoms with E-state index in [4.69, 9.17) is 4.74 Å². The number of likely N-dealkylation sites (tertiary alicyclic amines) is 1. The number of hydrogen-bond donors (Lipinski definition) is 1. The highest BCUT2D eigenvalue weighted by Crippen LogP contribution is 2.40. The Morgan fingerprint density at radius 2 is 2.09 bits per heavy atom. The van der Waals surface area contributed by atoms with Gasteiger partial charge in [0.2, 0.25) is 5.78 Å². The summed E-state index contributed by atoms with van der Waals surface area (Å²) in [6.07, 6.45) is 4.13. The molecule has 5 heteroatoms. The minimum Gasteiger partial charge on any atom is -0.507 e. The summed E-state index contributed by atoms with van der Waals surface area (Å²) in [4.78, 5) is 15.8. The van der Waals surface area contributed by atoms with Crippen molar-refractivity contribution in [2.75, 3.05) is 13.1 Å². The zero-order valence-electron chi connectivity index (χ0n) is 12.6. The Labute approximate surface area is 138 Å². The lowest BCUT2D eigenvalue weighted by Crippen LogP contribution is -2.18. The van der Waals surface area contributed by atoms with Crippen molar-refractivity contribution in [3.05, 3.63) is 51.4 Å². The number of ether oxygens (including phenoxy) is 1. The average Bonchev–Trinajstić information content (AvgIpc) is 3.27. The van der Waals surface area contributed by atoms with E-state index in [-0.39, 0.29) is 11.5 Å². The van der Waals surface area contributed by atoms with Crippen LogP contribution in [0.25, 0.3) is 6.08 Å². The summed E-state index contributed by atoms with van der Waals surface area (Å²) in [6, 6.07) is 7.13. The number of carbonyl (C=O) groups excluding carboxylic acids is 1. The first-order valence-corrected chi connectivity index (χ1v) is 8.65. The molecule has 1 N–H and O–H groups in total. The third-order valence-corrected chi connectivity index (χ3v) is 5.13. The predicted molar refractivity (Wildman–Crippen MR) is 89.9 cm³/mol. The molecule has 1 fully saturated rings. The SMILES string of the molecule is O=C1/C(=C/c2cccs2)Oc2c1ccc(O)c2CN1CCCC1. The third-order valence-electron chi connectivity index (χ3n) is 4.31. The van der Waals surface area contributed by atoms with E-state index in [1.165, 1.54) is 12.8 Å². The molecule has 1 aromatic heterocycles. The molecular formula is C18H17NO3S. The number of rotatable bonds is 3. The van der Waals surface area contributed by atoms with Gasteiger partial charge in [0.15, 0.2) is 5.76 Å². The normalized spacial score (nSPS) is 19.3. The van der Waals surface area contributed by atoms with Crippen LogP contribution in [0.5, 0.6) is 11.5 Å². The van der Waals surface area contributed by atoms with Crippen LogP contribution < -0.4 is 4.74 Å². The van der Waals surface area contributed by atoms with E-state index in [0.717, 1.165) is 18.0 Å². The molecule has 0 aliphatic carbocycles. The van der Waals surface area contributed by atoms with Crippen LogP contribution in [-0.2, 0) is 6.54 Å². The molecule has 0 bridgehead atoms. The Bertz CT molecular complexity index is 774. The lowest BCUT2D eigenvalue weighted by atomic mass is 10.0. The van der Waals surface area contributed by atoms with Gasteiger partial charge >= 0.3 is 0 Å². The number of Topliss-reactive ketones (excluding diaryl/α,β-unsaturated/α-hetero) is 1. The molecule has 4 rings (SSSR count). The summed E-state index contributed by atoms with van der Waals surface area (Å²) in [6.45, 7) is 2.67. The molecule has 1 aromatic carbocycles. The smallest absolute Gasteiger partial charge is 0.232 e. The molecule has 0 amide bonds. The maximum atomic E-state index is 12.5. The highest BCUT2D eigenvalue weighted by Gasteiger charge is 2.32. The van der Waals surface area contributed by atoms with Gasteiger partial charge in [-0.1, -0.05) is 6.07 Å². The van der Waals surface area contributed by atoms with E-state index >= 15 is 0 Å². The maximum absolute atomic E-state index is 12.5. The van der Waals surface area contributed by atoms with Crippen molar-refractivity contribution < 1.29 is 14.6 Å². The Morgan fingerprint density at radius 3 is 2.83 bits per heavy atom. The fourth-order valence-electron chi connectivity index (χ4n) is 3.12. The number of carbonyl (C=O) groups is 1. The van der Waals surface area contributed by atoms with Crippen LogP contribution in [0.2, 0.25) is 0 Å². The number of fused-ring (bicyclic) bond motifs is 1. The van der Waals surface area contributed by atoms with Crippen LogP contribution >= 0.6 is 11.3 Å². The molecule has 2 aliphatic rings. The van der Waals surface area contributed by atoms with Crippen LogP contribution in [0.1, 0.15) is 33.6 Å². The van der Waals surface area contributed by atoms with E-state index in [9.17, 15) is 9.90 Å². The first-order chi connectivity index (χ1) is 11.2. The first kappa shape index (κ1) is 14.5. The van der Waals surface area contributed by atoms with E-state index in [1.807, 2.05) is 17.5 Å². The van der Waals surface area contributed by atoms with Gasteiger partial charge in [-0.15, -0.1) is 11.3 Å². The highest BCUT2D eigenvalue weighted by atomic mass is 32.1. The summed E-state index contributed by atoms with van der Waals surface area (Å²) in [5.41, 5.74) is 1.26. The van der Waals surface area contributed by atoms with E-state index < -0.39 is 0 Å². The van der Waals surface area contributed by atoms with Gasteiger partial charge in [0.05, 0.1) is 11.1 Å². The van der Waals surface area contributed by atoms with Crippen molar-refractivity contribution >= 4 is 23.2 Å². The number of ketones is 1. The lowest BCUT2D eigenvalue weighted by Gasteiger charge is -2.17.